The lowest BCUT2D eigenvalue weighted by Gasteiger charge is -2.32. The van der Waals surface area contributed by atoms with Gasteiger partial charge in [0.1, 0.15) is 6.17 Å². The first-order valence-electron chi connectivity index (χ1n) is 3.93. The zero-order valence-corrected chi connectivity index (χ0v) is 7.44. The van der Waals surface area contributed by atoms with Gasteiger partial charge in [-0.05, 0) is 24.7 Å². The van der Waals surface area contributed by atoms with Crippen molar-refractivity contribution in [2.45, 2.75) is 38.1 Å². The van der Waals surface area contributed by atoms with Crippen LogP contribution < -0.4 is 0 Å². The molecule has 60 valence electrons. The molecule has 0 saturated heterocycles. The summed E-state index contributed by atoms with van der Waals surface area (Å²) >= 11 is 4.22. The van der Waals surface area contributed by atoms with Crippen molar-refractivity contribution in [1.82, 2.24) is 0 Å². The molecule has 4 atom stereocenters. The highest BCUT2D eigenvalue weighted by atomic mass is 32.1. The largest absolute Gasteiger partial charge is 0.246 e. The highest BCUT2D eigenvalue weighted by Gasteiger charge is 2.31. The second-order valence-electron chi connectivity index (χ2n) is 3.56. The van der Waals surface area contributed by atoms with Gasteiger partial charge in [0, 0.05) is 5.25 Å². The fraction of sp³-hybridized carbons (Fsp3) is 1.00. The second kappa shape index (κ2) is 3.12. The van der Waals surface area contributed by atoms with Crippen LogP contribution in [0.2, 0.25) is 0 Å². The van der Waals surface area contributed by atoms with Gasteiger partial charge in [-0.1, -0.05) is 13.8 Å². The zero-order valence-electron chi connectivity index (χ0n) is 6.55. The van der Waals surface area contributed by atoms with Gasteiger partial charge >= 0.3 is 0 Å². The van der Waals surface area contributed by atoms with Crippen LogP contribution in [0.4, 0.5) is 4.39 Å². The predicted molar refractivity (Wildman–Crippen MR) is 45.2 cm³/mol. The normalized spacial score (nSPS) is 49.2. The van der Waals surface area contributed by atoms with Crippen molar-refractivity contribution in [3.63, 3.8) is 0 Å². The minimum atomic E-state index is -0.679. The van der Waals surface area contributed by atoms with Crippen LogP contribution in [0, 0.1) is 11.8 Å². The van der Waals surface area contributed by atoms with Crippen LogP contribution in [0.25, 0.3) is 0 Å². The van der Waals surface area contributed by atoms with E-state index in [1.54, 1.807) is 0 Å². The summed E-state index contributed by atoms with van der Waals surface area (Å²) in [6, 6.07) is 0. The van der Waals surface area contributed by atoms with Crippen LogP contribution in [-0.4, -0.2) is 11.4 Å². The van der Waals surface area contributed by atoms with E-state index >= 15 is 0 Å². The number of hydrogen-bond donors (Lipinski definition) is 1. The molecule has 0 heterocycles. The average molecular weight is 162 g/mol. The SMILES string of the molecule is CC1CC(C)C(S)C(F)C1. The standard InChI is InChI=1S/C8H15FS/c1-5-3-6(2)8(10)7(9)4-5/h5-8,10H,3-4H2,1-2H3. The van der Waals surface area contributed by atoms with Gasteiger partial charge in [0.2, 0.25) is 0 Å². The fourth-order valence-electron chi connectivity index (χ4n) is 1.75. The van der Waals surface area contributed by atoms with Gasteiger partial charge in [-0.3, -0.25) is 0 Å². The van der Waals surface area contributed by atoms with Gasteiger partial charge in [0.05, 0.1) is 0 Å². The number of rotatable bonds is 0. The van der Waals surface area contributed by atoms with E-state index in [0.29, 0.717) is 18.3 Å². The van der Waals surface area contributed by atoms with Crippen molar-refractivity contribution >= 4 is 12.6 Å². The molecule has 1 rings (SSSR count). The molecule has 2 heteroatoms. The van der Waals surface area contributed by atoms with E-state index in [1.807, 2.05) is 0 Å². The first-order valence-corrected chi connectivity index (χ1v) is 4.45. The maximum absolute atomic E-state index is 13.0. The van der Waals surface area contributed by atoms with E-state index in [9.17, 15) is 4.39 Å². The third-order valence-corrected chi connectivity index (χ3v) is 3.19. The van der Waals surface area contributed by atoms with Gasteiger partial charge in [-0.15, -0.1) is 0 Å². The first-order chi connectivity index (χ1) is 4.61. The summed E-state index contributed by atoms with van der Waals surface area (Å²) in [4.78, 5) is 0. The predicted octanol–water partition coefficient (Wildman–Crippen LogP) is 2.69. The van der Waals surface area contributed by atoms with Crippen LogP contribution in [0.1, 0.15) is 26.7 Å². The van der Waals surface area contributed by atoms with E-state index in [0.717, 1.165) is 6.42 Å². The Morgan fingerprint density at radius 2 is 1.90 bits per heavy atom. The van der Waals surface area contributed by atoms with E-state index in [1.165, 1.54) is 0 Å². The molecule has 0 N–H and O–H groups in total. The Morgan fingerprint density at radius 3 is 2.40 bits per heavy atom. The van der Waals surface area contributed by atoms with Crippen molar-refractivity contribution in [3.05, 3.63) is 0 Å². The van der Waals surface area contributed by atoms with E-state index < -0.39 is 6.17 Å². The molecular weight excluding hydrogens is 147 g/mol. The number of alkyl halides is 1. The van der Waals surface area contributed by atoms with Crippen LogP contribution in [0.3, 0.4) is 0 Å². The summed E-state index contributed by atoms with van der Waals surface area (Å²) in [5, 5.41) is -0.0174. The molecule has 0 aromatic rings. The molecule has 1 aliphatic carbocycles. The van der Waals surface area contributed by atoms with Gasteiger partial charge in [0.25, 0.3) is 0 Å². The third-order valence-electron chi connectivity index (χ3n) is 2.36. The molecule has 0 nitrogen and oxygen atoms in total. The summed E-state index contributed by atoms with van der Waals surface area (Å²) < 4.78 is 13.0. The molecule has 0 bridgehead atoms. The quantitative estimate of drug-likeness (QED) is 0.520. The Labute approximate surface area is 67.6 Å². The lowest BCUT2D eigenvalue weighted by atomic mass is 9.82. The highest BCUT2D eigenvalue weighted by molar-refractivity contribution is 7.81. The molecular formula is C8H15FS. The van der Waals surface area contributed by atoms with Crippen LogP contribution in [0.5, 0.6) is 0 Å². The molecule has 4 unspecified atom stereocenters. The number of halogens is 1. The number of hydrogen-bond acceptors (Lipinski definition) is 1. The molecule has 1 saturated carbocycles. The molecule has 1 aliphatic rings. The lowest BCUT2D eigenvalue weighted by molar-refractivity contribution is 0.175. The molecule has 0 aromatic carbocycles. The van der Waals surface area contributed by atoms with E-state index in [4.69, 9.17) is 0 Å². The molecule has 10 heavy (non-hydrogen) atoms. The first kappa shape index (κ1) is 8.38. The smallest absolute Gasteiger partial charge is 0.112 e. The molecule has 0 radical (unpaired) electrons. The molecule has 0 spiro atoms. The Bertz CT molecular complexity index is 104. The molecule has 1 fully saturated rings. The Balaban J connectivity index is 2.49. The molecule has 0 aliphatic heterocycles. The minimum absolute atomic E-state index is 0.0174. The Morgan fingerprint density at radius 1 is 1.30 bits per heavy atom. The van der Waals surface area contributed by atoms with Crippen molar-refractivity contribution < 1.29 is 4.39 Å². The van der Waals surface area contributed by atoms with Gasteiger partial charge in [-0.2, -0.15) is 12.6 Å². The van der Waals surface area contributed by atoms with E-state index in [2.05, 4.69) is 26.5 Å². The van der Waals surface area contributed by atoms with Gasteiger partial charge in [0.15, 0.2) is 0 Å². The summed E-state index contributed by atoms with van der Waals surface area (Å²) in [6.07, 6.45) is 1.16. The van der Waals surface area contributed by atoms with Gasteiger partial charge in [-0.25, -0.2) is 4.39 Å². The third kappa shape index (κ3) is 1.66. The average Bonchev–Trinajstić information content (AvgIpc) is 1.82. The van der Waals surface area contributed by atoms with Gasteiger partial charge < -0.3 is 0 Å². The number of thiol groups is 1. The minimum Gasteiger partial charge on any atom is -0.246 e. The summed E-state index contributed by atoms with van der Waals surface area (Å²) in [7, 11) is 0. The van der Waals surface area contributed by atoms with Crippen LogP contribution >= 0.6 is 12.6 Å². The van der Waals surface area contributed by atoms with Crippen molar-refractivity contribution in [2.75, 3.05) is 0 Å². The zero-order chi connectivity index (χ0) is 7.72. The lowest BCUT2D eigenvalue weighted by Crippen LogP contribution is -2.32. The maximum atomic E-state index is 13.0. The second-order valence-corrected chi connectivity index (χ2v) is 4.16. The van der Waals surface area contributed by atoms with Crippen LogP contribution in [-0.2, 0) is 0 Å². The topological polar surface area (TPSA) is 0 Å². The fourth-order valence-corrected chi connectivity index (χ4v) is 1.99. The highest BCUT2D eigenvalue weighted by Crippen LogP contribution is 2.33. The molecule has 0 amide bonds. The summed E-state index contributed by atoms with van der Waals surface area (Å²) in [5.74, 6) is 0.996. The van der Waals surface area contributed by atoms with E-state index in [-0.39, 0.29) is 5.25 Å². The van der Waals surface area contributed by atoms with Crippen molar-refractivity contribution in [1.29, 1.82) is 0 Å². The maximum Gasteiger partial charge on any atom is 0.112 e. The van der Waals surface area contributed by atoms with Crippen LogP contribution in [0.15, 0.2) is 0 Å². The Hall–Kier alpha value is 0.280. The monoisotopic (exact) mass is 162 g/mol. The summed E-state index contributed by atoms with van der Waals surface area (Å²) in [5.41, 5.74) is 0. The molecule has 0 aromatic heterocycles. The summed E-state index contributed by atoms with van der Waals surface area (Å²) in [6.45, 7) is 4.20. The van der Waals surface area contributed by atoms with Crippen molar-refractivity contribution in [2.24, 2.45) is 11.8 Å². The Kier molecular flexibility index (Phi) is 2.61. The van der Waals surface area contributed by atoms with Crippen molar-refractivity contribution in [3.8, 4) is 0 Å².